The largest absolute Gasteiger partial charge is 0.350 e. The predicted octanol–water partition coefficient (Wildman–Crippen LogP) is 7.11. The van der Waals surface area contributed by atoms with E-state index >= 15 is 0 Å². The van der Waals surface area contributed by atoms with Gasteiger partial charge in [-0.05, 0) is 34.2 Å². The van der Waals surface area contributed by atoms with Crippen LogP contribution in [0, 0.1) is 17.2 Å². The Morgan fingerprint density at radius 2 is 1.28 bits per heavy atom. The highest BCUT2D eigenvalue weighted by molar-refractivity contribution is 6.02. The number of benzene rings is 4. The molecule has 4 unspecified atom stereocenters. The Balaban J connectivity index is 1.68. The van der Waals surface area contributed by atoms with Gasteiger partial charge in [-0.3, -0.25) is 14.4 Å². The molecule has 1 saturated heterocycles. The Morgan fingerprint density at radius 1 is 0.744 bits per heavy atom. The van der Waals surface area contributed by atoms with Crippen molar-refractivity contribution >= 4 is 17.6 Å². The third-order valence-corrected chi connectivity index (χ3v) is 7.97. The highest BCUT2D eigenvalue weighted by Crippen LogP contribution is 2.52. The number of carbonyl (C=O) groups is 3. The van der Waals surface area contributed by atoms with Crippen molar-refractivity contribution in [1.29, 1.82) is 0 Å². The molecule has 5 rings (SSSR count). The fraction of sp³-hybridized carbons (Fsp3) is 0.270. The molecule has 1 N–H and O–H groups in total. The molecule has 1 aliphatic heterocycles. The molecule has 4 aromatic carbocycles. The van der Waals surface area contributed by atoms with E-state index in [1.165, 1.54) is 12.1 Å². The van der Waals surface area contributed by atoms with Crippen molar-refractivity contribution in [2.45, 2.75) is 51.7 Å². The smallest absolute Gasteiger partial charge is 0.243 e. The second kappa shape index (κ2) is 12.7. The first-order chi connectivity index (χ1) is 20.6. The first-order valence-electron chi connectivity index (χ1n) is 14.7. The van der Waals surface area contributed by atoms with Crippen LogP contribution in [0.25, 0.3) is 0 Å². The Morgan fingerprint density at radius 3 is 1.84 bits per heavy atom. The topological polar surface area (TPSA) is 66.5 Å². The molecule has 5 nitrogen and oxygen atoms in total. The van der Waals surface area contributed by atoms with E-state index in [1.807, 2.05) is 99.6 Å². The average Bonchev–Trinajstić information content (AvgIpc) is 3.37. The molecule has 43 heavy (non-hydrogen) atoms. The van der Waals surface area contributed by atoms with Crippen molar-refractivity contribution in [2.75, 3.05) is 0 Å². The average molecular weight is 577 g/mol. The molecule has 4 aromatic rings. The maximum absolute atomic E-state index is 14.5. The maximum Gasteiger partial charge on any atom is 0.243 e. The fourth-order valence-corrected chi connectivity index (χ4v) is 6.14. The third kappa shape index (κ3) is 6.75. The van der Waals surface area contributed by atoms with E-state index in [9.17, 15) is 18.8 Å². The van der Waals surface area contributed by atoms with E-state index in [4.69, 9.17) is 0 Å². The number of halogens is 1. The molecular weight excluding hydrogens is 539 g/mol. The fourth-order valence-electron chi connectivity index (χ4n) is 6.14. The summed E-state index contributed by atoms with van der Waals surface area (Å²) in [5.41, 5.74) is 2.52. The van der Waals surface area contributed by atoms with Gasteiger partial charge in [-0.15, -0.1) is 0 Å². The lowest BCUT2D eigenvalue weighted by Crippen LogP contribution is -2.49. The lowest BCUT2D eigenvalue weighted by atomic mass is 9.76. The molecule has 1 fully saturated rings. The van der Waals surface area contributed by atoms with Crippen molar-refractivity contribution < 1.29 is 18.8 Å². The van der Waals surface area contributed by atoms with E-state index < -0.39 is 23.9 Å². The van der Waals surface area contributed by atoms with Crippen LogP contribution in [-0.4, -0.2) is 28.5 Å². The van der Waals surface area contributed by atoms with E-state index in [0.717, 1.165) is 16.7 Å². The molecular formula is C37H37FN2O3. The molecule has 6 heteroatoms. The van der Waals surface area contributed by atoms with Crippen molar-refractivity contribution in [1.82, 2.24) is 10.2 Å². The molecule has 0 bridgehead atoms. The Labute approximate surface area is 252 Å². The number of ketones is 1. The third-order valence-electron chi connectivity index (χ3n) is 7.97. The lowest BCUT2D eigenvalue weighted by Gasteiger charge is -2.33. The summed E-state index contributed by atoms with van der Waals surface area (Å²) in [6.07, 6.45) is 0.200. The van der Waals surface area contributed by atoms with Crippen LogP contribution in [0.1, 0.15) is 66.2 Å². The number of hydrogen-bond acceptors (Lipinski definition) is 3. The molecule has 4 atom stereocenters. The van der Waals surface area contributed by atoms with Crippen molar-refractivity contribution in [2.24, 2.45) is 11.3 Å². The molecule has 0 saturated carbocycles. The summed E-state index contributed by atoms with van der Waals surface area (Å²) in [7, 11) is 0. The minimum absolute atomic E-state index is 0.120. The summed E-state index contributed by atoms with van der Waals surface area (Å²) in [5.74, 6) is -2.36. The second-order valence-electron chi connectivity index (χ2n) is 12.4. The van der Waals surface area contributed by atoms with Gasteiger partial charge in [-0.25, -0.2) is 4.39 Å². The first-order valence-corrected chi connectivity index (χ1v) is 14.7. The van der Waals surface area contributed by atoms with Crippen LogP contribution in [0.4, 0.5) is 4.39 Å². The molecule has 0 spiro atoms. The van der Waals surface area contributed by atoms with Crippen molar-refractivity contribution in [3.63, 3.8) is 0 Å². The van der Waals surface area contributed by atoms with Crippen molar-refractivity contribution in [3.05, 3.63) is 143 Å². The molecule has 220 valence electrons. The zero-order valence-corrected chi connectivity index (χ0v) is 24.7. The quantitative estimate of drug-likeness (QED) is 0.227. The predicted molar refractivity (Wildman–Crippen MR) is 166 cm³/mol. The lowest BCUT2D eigenvalue weighted by molar-refractivity contribution is -0.142. The number of Topliss-reactive ketones (excluding diaryl/α,β-unsaturated/α-hetero) is 1. The number of nitrogens with zero attached hydrogens (tertiary/aromatic N) is 1. The van der Waals surface area contributed by atoms with E-state index in [0.29, 0.717) is 5.56 Å². The van der Waals surface area contributed by atoms with Gasteiger partial charge in [-0.2, -0.15) is 0 Å². The highest BCUT2D eigenvalue weighted by atomic mass is 19.1. The molecule has 1 heterocycles. The van der Waals surface area contributed by atoms with E-state index in [-0.39, 0.29) is 41.8 Å². The van der Waals surface area contributed by atoms with Gasteiger partial charge in [0.25, 0.3) is 0 Å². The van der Waals surface area contributed by atoms with Crippen LogP contribution in [0.2, 0.25) is 0 Å². The normalized spacial score (nSPS) is 20.0. The molecule has 0 radical (unpaired) electrons. The van der Waals surface area contributed by atoms with E-state index in [2.05, 4.69) is 5.32 Å². The monoisotopic (exact) mass is 576 g/mol. The van der Waals surface area contributed by atoms with Gasteiger partial charge in [-0.1, -0.05) is 124 Å². The zero-order valence-electron chi connectivity index (χ0n) is 24.7. The van der Waals surface area contributed by atoms with Crippen LogP contribution in [-0.2, 0) is 16.1 Å². The summed E-state index contributed by atoms with van der Waals surface area (Å²) in [6.45, 7) is 6.13. The molecule has 1 aliphatic rings. The van der Waals surface area contributed by atoms with Gasteiger partial charge < -0.3 is 10.2 Å². The summed E-state index contributed by atoms with van der Waals surface area (Å²) >= 11 is 0. The minimum atomic E-state index is -0.958. The Bertz CT molecular complexity index is 1550. The first kappa shape index (κ1) is 29.9. The maximum atomic E-state index is 14.5. The van der Waals surface area contributed by atoms with E-state index in [1.54, 1.807) is 29.2 Å². The van der Waals surface area contributed by atoms with Crippen LogP contribution in [0.5, 0.6) is 0 Å². The van der Waals surface area contributed by atoms with Crippen molar-refractivity contribution in [3.8, 4) is 0 Å². The van der Waals surface area contributed by atoms with Gasteiger partial charge in [0.2, 0.25) is 11.8 Å². The highest BCUT2D eigenvalue weighted by Gasteiger charge is 2.57. The van der Waals surface area contributed by atoms with Crippen LogP contribution in [0.3, 0.4) is 0 Å². The SMILES string of the molecule is CC(C)(C)CC(=O)N1C(C(=O)NCc2ccc(F)cc2)C(c2ccccc2)C(C(=O)c2ccccc2)C1c1ccccc1. The summed E-state index contributed by atoms with van der Waals surface area (Å²) in [4.78, 5) is 44.9. The summed E-state index contributed by atoms with van der Waals surface area (Å²) in [6, 6.07) is 32.5. The Hall–Kier alpha value is -4.58. The van der Waals surface area contributed by atoms with Crippen LogP contribution in [0.15, 0.2) is 115 Å². The van der Waals surface area contributed by atoms with Crippen LogP contribution >= 0.6 is 0 Å². The number of rotatable bonds is 8. The van der Waals surface area contributed by atoms with Gasteiger partial charge in [0.15, 0.2) is 5.78 Å². The minimum Gasteiger partial charge on any atom is -0.350 e. The Kier molecular flexibility index (Phi) is 8.86. The van der Waals surface area contributed by atoms with Gasteiger partial charge in [0, 0.05) is 24.4 Å². The van der Waals surface area contributed by atoms with Crippen LogP contribution < -0.4 is 5.32 Å². The second-order valence-corrected chi connectivity index (χ2v) is 12.4. The number of carbonyl (C=O) groups excluding carboxylic acids is 3. The molecule has 0 aliphatic carbocycles. The number of hydrogen-bond donors (Lipinski definition) is 1. The van der Waals surface area contributed by atoms with Gasteiger partial charge in [0.05, 0.1) is 12.0 Å². The number of amides is 2. The van der Waals surface area contributed by atoms with Gasteiger partial charge in [0.1, 0.15) is 11.9 Å². The molecule has 0 aromatic heterocycles. The zero-order chi connectivity index (χ0) is 30.6. The summed E-state index contributed by atoms with van der Waals surface area (Å²) < 4.78 is 13.5. The summed E-state index contributed by atoms with van der Waals surface area (Å²) in [5, 5.41) is 3.01. The standard InChI is InChI=1S/C37H37FN2O3/c1-37(2,3)23-30(41)40-33(27-15-9-5-10-16-27)32(35(42)28-17-11-6-12-18-28)31(26-13-7-4-8-14-26)34(40)36(43)39-24-25-19-21-29(38)22-20-25/h4-22,31-34H,23-24H2,1-3H3,(H,39,43). The number of likely N-dealkylation sites (tertiary alicyclic amines) is 1. The number of nitrogens with one attached hydrogen (secondary N) is 1. The molecule has 2 amide bonds. The van der Waals surface area contributed by atoms with Gasteiger partial charge >= 0.3 is 0 Å².